The van der Waals surface area contributed by atoms with Gasteiger partial charge in [0.15, 0.2) is 0 Å². The zero-order valence-corrected chi connectivity index (χ0v) is 14.2. The standard InChI is InChI=1S/C17H20N6O/c1-10-13(9-23(3)4)11(2)19-15(10)8-12-16(21-22-17(12)24)14-6-5-7-18-20-14/h5-8,19H,9H2,1-4H3,(H,22,24)/b12-8+. The first-order valence-corrected chi connectivity index (χ1v) is 7.68. The van der Waals surface area contributed by atoms with Crippen molar-refractivity contribution in [1.82, 2.24) is 25.5 Å². The van der Waals surface area contributed by atoms with Gasteiger partial charge in [-0.25, -0.2) is 5.43 Å². The van der Waals surface area contributed by atoms with Gasteiger partial charge in [0.1, 0.15) is 11.4 Å². The number of hydrogen-bond acceptors (Lipinski definition) is 5. The van der Waals surface area contributed by atoms with Crippen molar-refractivity contribution in [1.29, 1.82) is 0 Å². The fourth-order valence-corrected chi connectivity index (χ4v) is 2.75. The van der Waals surface area contributed by atoms with Gasteiger partial charge in [-0.05, 0) is 57.3 Å². The molecule has 0 bridgehead atoms. The van der Waals surface area contributed by atoms with Crippen molar-refractivity contribution in [2.24, 2.45) is 5.10 Å². The van der Waals surface area contributed by atoms with Gasteiger partial charge in [0.05, 0.1) is 5.57 Å². The van der Waals surface area contributed by atoms with Crippen molar-refractivity contribution in [2.75, 3.05) is 14.1 Å². The van der Waals surface area contributed by atoms with Crippen LogP contribution in [0.4, 0.5) is 0 Å². The quantitative estimate of drug-likeness (QED) is 0.833. The highest BCUT2D eigenvalue weighted by atomic mass is 16.2. The molecule has 0 unspecified atom stereocenters. The molecule has 7 nitrogen and oxygen atoms in total. The van der Waals surface area contributed by atoms with Crippen LogP contribution in [-0.2, 0) is 11.3 Å². The Labute approximate surface area is 140 Å². The summed E-state index contributed by atoms with van der Waals surface area (Å²) in [5.41, 5.74) is 8.44. The van der Waals surface area contributed by atoms with Crippen LogP contribution in [0.1, 0.15) is 28.2 Å². The normalized spacial score (nSPS) is 16.0. The monoisotopic (exact) mass is 324 g/mol. The molecular weight excluding hydrogens is 304 g/mol. The van der Waals surface area contributed by atoms with Gasteiger partial charge in [0.2, 0.25) is 0 Å². The zero-order valence-electron chi connectivity index (χ0n) is 14.2. The van der Waals surface area contributed by atoms with Crippen molar-refractivity contribution < 1.29 is 4.79 Å². The van der Waals surface area contributed by atoms with Crippen LogP contribution in [0.5, 0.6) is 0 Å². The van der Waals surface area contributed by atoms with Gasteiger partial charge in [-0.15, -0.1) is 5.10 Å². The minimum absolute atomic E-state index is 0.239. The maximum Gasteiger partial charge on any atom is 0.273 e. The van der Waals surface area contributed by atoms with Crippen LogP contribution in [0.15, 0.2) is 29.0 Å². The van der Waals surface area contributed by atoms with E-state index in [4.69, 9.17) is 0 Å². The molecule has 0 atom stereocenters. The number of nitrogens with one attached hydrogen (secondary N) is 2. The molecule has 124 valence electrons. The van der Waals surface area contributed by atoms with Gasteiger partial charge in [-0.2, -0.15) is 10.2 Å². The van der Waals surface area contributed by atoms with Crippen molar-refractivity contribution in [3.8, 4) is 0 Å². The summed E-state index contributed by atoms with van der Waals surface area (Å²) in [7, 11) is 4.07. The molecule has 1 aliphatic heterocycles. The highest BCUT2D eigenvalue weighted by molar-refractivity contribution is 6.32. The van der Waals surface area contributed by atoms with Crippen LogP contribution in [0.3, 0.4) is 0 Å². The Kier molecular flexibility index (Phi) is 4.26. The molecule has 1 aliphatic rings. The first kappa shape index (κ1) is 16.1. The maximum atomic E-state index is 12.2. The molecule has 0 spiro atoms. The predicted octanol–water partition coefficient (Wildman–Crippen LogP) is 1.40. The van der Waals surface area contributed by atoms with Gasteiger partial charge in [-0.1, -0.05) is 0 Å². The number of nitrogens with zero attached hydrogens (tertiary/aromatic N) is 4. The summed E-state index contributed by atoms with van der Waals surface area (Å²) >= 11 is 0. The van der Waals surface area contributed by atoms with E-state index in [2.05, 4.69) is 37.5 Å². The van der Waals surface area contributed by atoms with E-state index in [9.17, 15) is 4.79 Å². The fourth-order valence-electron chi connectivity index (χ4n) is 2.75. The van der Waals surface area contributed by atoms with E-state index in [1.165, 1.54) is 5.56 Å². The number of aromatic amines is 1. The Morgan fingerprint density at radius 2 is 2.08 bits per heavy atom. The molecule has 0 fully saturated rings. The van der Waals surface area contributed by atoms with Crippen molar-refractivity contribution in [2.45, 2.75) is 20.4 Å². The molecular formula is C17H20N6O. The number of amides is 1. The number of aryl methyl sites for hydroxylation is 1. The zero-order chi connectivity index (χ0) is 17.3. The smallest absolute Gasteiger partial charge is 0.273 e. The summed E-state index contributed by atoms with van der Waals surface area (Å²) in [5.74, 6) is -0.239. The number of hydrazone groups is 1. The Hall–Kier alpha value is -2.80. The van der Waals surface area contributed by atoms with E-state index < -0.39 is 0 Å². The minimum atomic E-state index is -0.239. The Bertz CT molecular complexity index is 832. The summed E-state index contributed by atoms with van der Waals surface area (Å²) in [6.45, 7) is 4.94. The van der Waals surface area contributed by atoms with Crippen molar-refractivity contribution in [3.63, 3.8) is 0 Å². The van der Waals surface area contributed by atoms with Crippen molar-refractivity contribution in [3.05, 3.63) is 52.1 Å². The lowest BCUT2D eigenvalue weighted by Crippen LogP contribution is -2.14. The summed E-state index contributed by atoms with van der Waals surface area (Å²) < 4.78 is 0. The minimum Gasteiger partial charge on any atom is -0.359 e. The van der Waals surface area contributed by atoms with Gasteiger partial charge in [0.25, 0.3) is 5.91 Å². The molecule has 3 heterocycles. The molecule has 3 rings (SSSR count). The Morgan fingerprint density at radius 1 is 1.29 bits per heavy atom. The van der Waals surface area contributed by atoms with E-state index in [0.29, 0.717) is 17.0 Å². The van der Waals surface area contributed by atoms with Gasteiger partial charge in [-0.3, -0.25) is 4.79 Å². The Balaban J connectivity index is 2.01. The lowest BCUT2D eigenvalue weighted by molar-refractivity contribution is -0.116. The summed E-state index contributed by atoms with van der Waals surface area (Å²) in [4.78, 5) is 17.7. The molecule has 7 heteroatoms. The molecule has 2 aromatic rings. The van der Waals surface area contributed by atoms with Crippen LogP contribution in [-0.4, -0.2) is 45.8 Å². The second-order valence-electron chi connectivity index (χ2n) is 6.07. The second-order valence-corrected chi connectivity index (χ2v) is 6.07. The lowest BCUT2D eigenvalue weighted by Gasteiger charge is -2.10. The number of aromatic nitrogens is 3. The predicted molar refractivity (Wildman–Crippen MR) is 92.3 cm³/mol. The molecule has 0 aliphatic carbocycles. The number of H-pyrrole nitrogens is 1. The molecule has 0 saturated carbocycles. The van der Waals surface area contributed by atoms with E-state index in [1.807, 2.05) is 27.1 Å². The topological polar surface area (TPSA) is 86.3 Å². The van der Waals surface area contributed by atoms with Crippen molar-refractivity contribution >= 4 is 17.7 Å². The first-order valence-electron chi connectivity index (χ1n) is 7.68. The highest BCUT2D eigenvalue weighted by Crippen LogP contribution is 2.23. The number of hydrogen-bond donors (Lipinski definition) is 2. The van der Waals surface area contributed by atoms with Crippen LogP contribution in [0.2, 0.25) is 0 Å². The second kappa shape index (κ2) is 6.37. The summed E-state index contributed by atoms with van der Waals surface area (Å²) in [5, 5.41) is 12.0. The third-order valence-corrected chi connectivity index (χ3v) is 3.98. The summed E-state index contributed by atoms with van der Waals surface area (Å²) in [6, 6.07) is 3.55. The molecule has 0 aromatic carbocycles. The fraction of sp³-hybridized carbons (Fsp3) is 0.294. The summed E-state index contributed by atoms with van der Waals surface area (Å²) in [6.07, 6.45) is 3.42. The van der Waals surface area contributed by atoms with E-state index in [0.717, 1.165) is 23.5 Å². The SMILES string of the molecule is Cc1[nH]c(/C=C2/C(=O)NN=C2c2cccnn2)c(C)c1CN(C)C. The Morgan fingerprint density at radius 3 is 2.75 bits per heavy atom. The van der Waals surface area contributed by atoms with Crippen LogP contribution in [0.25, 0.3) is 6.08 Å². The maximum absolute atomic E-state index is 12.2. The van der Waals surface area contributed by atoms with E-state index in [1.54, 1.807) is 18.3 Å². The molecule has 2 aromatic heterocycles. The third-order valence-electron chi connectivity index (χ3n) is 3.98. The van der Waals surface area contributed by atoms with Crippen LogP contribution in [0, 0.1) is 13.8 Å². The largest absolute Gasteiger partial charge is 0.359 e. The van der Waals surface area contributed by atoms with Gasteiger partial charge < -0.3 is 9.88 Å². The lowest BCUT2D eigenvalue weighted by atomic mass is 10.0. The van der Waals surface area contributed by atoms with Gasteiger partial charge in [0, 0.05) is 24.1 Å². The highest BCUT2D eigenvalue weighted by Gasteiger charge is 2.26. The van der Waals surface area contributed by atoms with E-state index in [-0.39, 0.29) is 5.91 Å². The van der Waals surface area contributed by atoms with Crippen LogP contribution >= 0.6 is 0 Å². The molecule has 1 amide bonds. The number of carbonyl (C=O) groups excluding carboxylic acids is 1. The molecule has 0 radical (unpaired) electrons. The van der Waals surface area contributed by atoms with E-state index >= 15 is 0 Å². The van der Waals surface area contributed by atoms with Crippen LogP contribution < -0.4 is 5.43 Å². The number of carbonyl (C=O) groups is 1. The van der Waals surface area contributed by atoms with Gasteiger partial charge >= 0.3 is 0 Å². The average molecular weight is 324 g/mol. The molecule has 0 saturated heterocycles. The first-order chi connectivity index (χ1) is 11.5. The average Bonchev–Trinajstić information content (AvgIpc) is 3.04. The number of rotatable bonds is 4. The third kappa shape index (κ3) is 2.98. The molecule has 2 N–H and O–H groups in total. The molecule has 24 heavy (non-hydrogen) atoms.